The predicted molar refractivity (Wildman–Crippen MR) is 76.5 cm³/mol. The van der Waals surface area contributed by atoms with Crippen molar-refractivity contribution in [1.82, 2.24) is 9.21 Å². The number of fused-ring (bicyclic) bond motifs is 1. The number of nitrogens with zero attached hydrogens (tertiary/aromatic N) is 2. The van der Waals surface area contributed by atoms with E-state index in [1.54, 1.807) is 10.4 Å². The Labute approximate surface area is 118 Å². The fourth-order valence-corrected chi connectivity index (χ4v) is 4.23. The number of benzene rings is 1. The molecule has 2 heterocycles. The summed E-state index contributed by atoms with van der Waals surface area (Å²) < 4.78 is 24.9. The lowest BCUT2D eigenvalue weighted by Crippen LogP contribution is -2.44. The Kier molecular flexibility index (Phi) is 3.25. The minimum absolute atomic E-state index is 0.183. The maximum atomic E-state index is 11.0. The molecule has 1 aromatic carbocycles. The van der Waals surface area contributed by atoms with Gasteiger partial charge in [-0.1, -0.05) is 29.2 Å². The van der Waals surface area contributed by atoms with Gasteiger partial charge >= 0.3 is 6.09 Å². The summed E-state index contributed by atoms with van der Waals surface area (Å²) in [4.78, 5) is 12.3. The highest BCUT2D eigenvalue weighted by Crippen LogP contribution is 2.51. The summed E-state index contributed by atoms with van der Waals surface area (Å²) in [7, 11) is -3.11. The molecule has 20 heavy (non-hydrogen) atoms. The fraction of sp³-hybridized carbons (Fsp3) is 0.417. The van der Waals surface area contributed by atoms with Crippen LogP contribution < -0.4 is 4.72 Å². The summed E-state index contributed by atoms with van der Waals surface area (Å²) in [5.74, 6) is 0. The zero-order valence-electron chi connectivity index (χ0n) is 10.8. The largest absolute Gasteiger partial charge is 0.465 e. The zero-order valence-corrected chi connectivity index (χ0v) is 11.6. The number of para-hydroxylation sites is 1. The lowest BCUT2D eigenvalue weighted by Gasteiger charge is -2.49. The Morgan fingerprint density at radius 1 is 1.35 bits per heavy atom. The van der Waals surface area contributed by atoms with E-state index in [1.807, 2.05) is 18.2 Å². The number of amides is 1. The Hall–Kier alpha value is -1.48. The summed E-state index contributed by atoms with van der Waals surface area (Å²) in [6.07, 6.45) is -0.360. The molecule has 7 nitrogen and oxygen atoms in total. The fourth-order valence-electron chi connectivity index (χ4n) is 2.71. The van der Waals surface area contributed by atoms with Gasteiger partial charge in [0.25, 0.3) is 0 Å². The van der Waals surface area contributed by atoms with Gasteiger partial charge in [-0.3, -0.25) is 13.8 Å². The Morgan fingerprint density at radius 3 is 2.80 bits per heavy atom. The van der Waals surface area contributed by atoms with Crippen molar-refractivity contribution in [3.8, 4) is 0 Å². The average Bonchev–Trinajstić information content (AvgIpc) is 2.86. The molecular formula is C12H17N3O4S. The van der Waals surface area contributed by atoms with Gasteiger partial charge < -0.3 is 10.0 Å². The zero-order chi connectivity index (χ0) is 14.3. The number of carbonyl (C=O) groups is 1. The molecule has 1 amide bonds. The van der Waals surface area contributed by atoms with Crippen LogP contribution in [0.3, 0.4) is 0 Å². The maximum Gasteiger partial charge on any atom is 0.407 e. The Morgan fingerprint density at radius 2 is 2.10 bits per heavy atom. The van der Waals surface area contributed by atoms with E-state index in [0.717, 1.165) is 11.3 Å². The van der Waals surface area contributed by atoms with Gasteiger partial charge in [0.1, 0.15) is 0 Å². The third-order valence-electron chi connectivity index (χ3n) is 3.76. The van der Waals surface area contributed by atoms with Crippen molar-refractivity contribution >= 4 is 22.7 Å². The summed E-state index contributed by atoms with van der Waals surface area (Å²) >= 11 is 0. The second-order valence-corrected chi connectivity index (χ2v) is 6.74. The molecule has 8 heteroatoms. The van der Waals surface area contributed by atoms with E-state index in [9.17, 15) is 13.9 Å². The van der Waals surface area contributed by atoms with E-state index < -0.39 is 17.1 Å². The minimum atomic E-state index is -3.11. The van der Waals surface area contributed by atoms with Crippen LogP contribution >= 0.6 is 11.0 Å². The molecule has 2 aliphatic rings. The lowest BCUT2D eigenvalue weighted by atomic mass is 10.1. The first-order valence-electron chi connectivity index (χ1n) is 6.36. The standard InChI is InChI=1S/C12H17N3O4S/c16-12(17)14-6-5-10(8-14)15-7-9-3-1-2-4-11(9)13-20(15,18)19/h1-4,10,13,18-19H,5-8H2,(H,16,17). The molecule has 0 spiro atoms. The Balaban J connectivity index is 1.82. The first-order valence-corrected chi connectivity index (χ1v) is 7.86. The van der Waals surface area contributed by atoms with Crippen LogP contribution in [0.4, 0.5) is 10.5 Å². The van der Waals surface area contributed by atoms with Crippen LogP contribution in [0.15, 0.2) is 24.3 Å². The molecule has 3 rings (SSSR count). The molecule has 2 aliphatic heterocycles. The molecule has 0 radical (unpaired) electrons. The molecule has 1 saturated heterocycles. The van der Waals surface area contributed by atoms with Gasteiger partial charge in [0, 0.05) is 19.6 Å². The maximum absolute atomic E-state index is 11.0. The van der Waals surface area contributed by atoms with Crippen molar-refractivity contribution in [2.45, 2.75) is 19.0 Å². The highest BCUT2D eigenvalue weighted by Gasteiger charge is 2.39. The van der Waals surface area contributed by atoms with Gasteiger partial charge in [-0.2, -0.15) is 4.31 Å². The third kappa shape index (κ3) is 2.31. The van der Waals surface area contributed by atoms with E-state index in [2.05, 4.69) is 4.72 Å². The van der Waals surface area contributed by atoms with Crippen LogP contribution in [0.5, 0.6) is 0 Å². The predicted octanol–water partition coefficient (Wildman–Crippen LogP) is 2.25. The molecule has 0 aromatic heterocycles. The van der Waals surface area contributed by atoms with Crippen molar-refractivity contribution in [1.29, 1.82) is 0 Å². The number of carboxylic acid groups (broad SMARTS) is 1. The molecule has 0 bridgehead atoms. The van der Waals surface area contributed by atoms with E-state index in [-0.39, 0.29) is 6.04 Å². The first-order chi connectivity index (χ1) is 9.47. The van der Waals surface area contributed by atoms with E-state index >= 15 is 0 Å². The minimum Gasteiger partial charge on any atom is -0.465 e. The first kappa shape index (κ1) is 13.5. The summed E-state index contributed by atoms with van der Waals surface area (Å²) in [5, 5.41) is 8.99. The summed E-state index contributed by atoms with van der Waals surface area (Å²) in [6, 6.07) is 7.27. The van der Waals surface area contributed by atoms with E-state index in [4.69, 9.17) is 5.11 Å². The Bertz CT molecular complexity index is 539. The molecule has 1 atom stereocenters. The normalized spacial score (nSPS) is 26.7. The molecule has 110 valence electrons. The van der Waals surface area contributed by atoms with Gasteiger partial charge in [0.2, 0.25) is 0 Å². The van der Waals surface area contributed by atoms with Crippen LogP contribution in [-0.4, -0.2) is 48.6 Å². The van der Waals surface area contributed by atoms with Crippen molar-refractivity contribution in [3.63, 3.8) is 0 Å². The molecule has 0 saturated carbocycles. The third-order valence-corrected chi connectivity index (χ3v) is 5.33. The average molecular weight is 299 g/mol. The lowest BCUT2D eigenvalue weighted by molar-refractivity contribution is 0.152. The highest BCUT2D eigenvalue weighted by atomic mass is 32.3. The number of nitrogens with one attached hydrogen (secondary N) is 1. The number of hydrogen-bond donors (Lipinski definition) is 4. The van der Waals surface area contributed by atoms with Gasteiger partial charge in [-0.15, -0.1) is 0 Å². The van der Waals surface area contributed by atoms with E-state index in [1.165, 1.54) is 4.90 Å². The summed E-state index contributed by atoms with van der Waals surface area (Å²) in [5.41, 5.74) is 1.70. The topological polar surface area (TPSA) is 96.3 Å². The van der Waals surface area contributed by atoms with Crippen LogP contribution in [0.2, 0.25) is 0 Å². The second kappa shape index (κ2) is 4.81. The molecule has 4 N–H and O–H groups in total. The van der Waals surface area contributed by atoms with Crippen molar-refractivity contribution < 1.29 is 19.0 Å². The smallest absolute Gasteiger partial charge is 0.407 e. The quantitative estimate of drug-likeness (QED) is 0.635. The molecule has 1 fully saturated rings. The van der Waals surface area contributed by atoms with Gasteiger partial charge in [-0.05, 0) is 18.1 Å². The van der Waals surface area contributed by atoms with Crippen LogP contribution in [0, 0.1) is 0 Å². The van der Waals surface area contributed by atoms with Gasteiger partial charge in [0.15, 0.2) is 0 Å². The van der Waals surface area contributed by atoms with Crippen LogP contribution in [0.1, 0.15) is 12.0 Å². The van der Waals surface area contributed by atoms with Gasteiger partial charge in [-0.25, -0.2) is 4.79 Å². The monoisotopic (exact) mass is 299 g/mol. The second-order valence-electron chi connectivity index (χ2n) is 5.02. The van der Waals surface area contributed by atoms with Crippen molar-refractivity contribution in [2.75, 3.05) is 17.8 Å². The van der Waals surface area contributed by atoms with E-state index in [0.29, 0.717) is 26.1 Å². The number of hydrogen-bond acceptors (Lipinski definition) is 5. The number of rotatable bonds is 1. The number of anilines is 1. The SMILES string of the molecule is O=C(O)N1CCC(N2Cc3ccccc3NS2(O)O)C1. The number of likely N-dealkylation sites (tertiary alicyclic amines) is 1. The van der Waals surface area contributed by atoms with Gasteiger partial charge in [0.05, 0.1) is 11.7 Å². The molecule has 1 unspecified atom stereocenters. The highest BCUT2D eigenvalue weighted by molar-refractivity contribution is 8.23. The van der Waals surface area contributed by atoms with Crippen LogP contribution in [-0.2, 0) is 6.54 Å². The van der Waals surface area contributed by atoms with Crippen molar-refractivity contribution in [2.24, 2.45) is 0 Å². The van der Waals surface area contributed by atoms with Crippen molar-refractivity contribution in [3.05, 3.63) is 29.8 Å². The molecular weight excluding hydrogens is 282 g/mol. The summed E-state index contributed by atoms with van der Waals surface area (Å²) in [6.45, 7) is 1.13. The molecule has 1 aromatic rings. The van der Waals surface area contributed by atoms with Crippen LogP contribution in [0.25, 0.3) is 0 Å². The molecule has 0 aliphatic carbocycles.